The zero-order valence-electron chi connectivity index (χ0n) is 16.8. The Labute approximate surface area is 171 Å². The van der Waals surface area contributed by atoms with Crippen LogP contribution in [0.1, 0.15) is 19.4 Å². The third kappa shape index (κ3) is 2.96. The molecule has 0 atom stereocenters. The molecule has 0 aliphatic heterocycles. The predicted octanol–water partition coefficient (Wildman–Crippen LogP) is 7.87. The van der Waals surface area contributed by atoms with Gasteiger partial charge in [-0.25, -0.2) is 0 Å². The molecule has 0 amide bonds. The lowest BCUT2D eigenvalue weighted by Crippen LogP contribution is -1.93. The van der Waals surface area contributed by atoms with E-state index in [1.807, 2.05) is 0 Å². The molecule has 0 aliphatic rings. The van der Waals surface area contributed by atoms with E-state index in [0.29, 0.717) is 0 Å². The highest BCUT2D eigenvalue weighted by Gasteiger charge is 2.13. The van der Waals surface area contributed by atoms with Gasteiger partial charge in [-0.2, -0.15) is 0 Å². The molecule has 0 fully saturated rings. The molecular formula is C28H23N. The molecule has 1 heteroatoms. The van der Waals surface area contributed by atoms with Crippen molar-refractivity contribution >= 4 is 27.4 Å². The summed E-state index contributed by atoms with van der Waals surface area (Å²) in [5, 5.41) is 2.59. The summed E-state index contributed by atoms with van der Waals surface area (Å²) in [6.07, 6.45) is 2.17. The SMILES string of the molecule is C/C=C(\C)c1ccc2c(c1)c1ccccc1n2-c1ccc(-c2ccccc2)cc1. The maximum absolute atomic E-state index is 2.37. The van der Waals surface area contributed by atoms with Gasteiger partial charge in [0.25, 0.3) is 0 Å². The fourth-order valence-electron chi connectivity index (χ4n) is 4.10. The lowest BCUT2D eigenvalue weighted by Gasteiger charge is -2.10. The van der Waals surface area contributed by atoms with Crippen molar-refractivity contribution in [1.29, 1.82) is 0 Å². The topological polar surface area (TPSA) is 4.93 Å². The van der Waals surface area contributed by atoms with Crippen molar-refractivity contribution in [2.24, 2.45) is 0 Å². The summed E-state index contributed by atoms with van der Waals surface area (Å²) in [7, 11) is 0. The Hall–Kier alpha value is -3.58. The first kappa shape index (κ1) is 17.5. The van der Waals surface area contributed by atoms with Gasteiger partial charge >= 0.3 is 0 Å². The number of nitrogens with zero attached hydrogens (tertiary/aromatic N) is 1. The molecule has 29 heavy (non-hydrogen) atoms. The summed E-state index contributed by atoms with van der Waals surface area (Å²) < 4.78 is 2.37. The van der Waals surface area contributed by atoms with Gasteiger partial charge in [-0.1, -0.05) is 72.8 Å². The molecule has 1 aromatic heterocycles. The number of fused-ring (bicyclic) bond motifs is 3. The van der Waals surface area contributed by atoms with Gasteiger partial charge in [0.15, 0.2) is 0 Å². The van der Waals surface area contributed by atoms with Crippen LogP contribution in [0.2, 0.25) is 0 Å². The van der Waals surface area contributed by atoms with E-state index in [9.17, 15) is 0 Å². The molecule has 0 unspecified atom stereocenters. The lowest BCUT2D eigenvalue weighted by molar-refractivity contribution is 1.18. The van der Waals surface area contributed by atoms with E-state index in [4.69, 9.17) is 0 Å². The number of para-hydroxylation sites is 1. The second kappa shape index (κ2) is 7.10. The fraction of sp³-hybridized carbons (Fsp3) is 0.0714. The molecule has 0 saturated carbocycles. The standard InChI is InChI=1S/C28H23N/c1-3-20(2)23-15-18-28-26(19-23)25-11-7-8-12-27(25)29(28)24-16-13-22(14-17-24)21-9-5-4-6-10-21/h3-19H,1-2H3/b20-3+. The number of rotatable bonds is 3. The molecule has 5 aromatic rings. The summed E-state index contributed by atoms with van der Waals surface area (Å²) in [6.45, 7) is 4.26. The molecule has 0 N–H and O–H groups in total. The Kier molecular flexibility index (Phi) is 4.29. The molecule has 0 aliphatic carbocycles. The third-order valence-electron chi connectivity index (χ3n) is 5.79. The van der Waals surface area contributed by atoms with Crippen LogP contribution in [0, 0.1) is 0 Å². The largest absolute Gasteiger partial charge is 0.309 e. The van der Waals surface area contributed by atoms with E-state index < -0.39 is 0 Å². The van der Waals surface area contributed by atoms with Crippen LogP contribution >= 0.6 is 0 Å². The first-order chi connectivity index (χ1) is 14.3. The van der Waals surface area contributed by atoms with Crippen LogP contribution in [-0.4, -0.2) is 4.57 Å². The third-order valence-corrected chi connectivity index (χ3v) is 5.79. The Morgan fingerprint density at radius 1 is 0.655 bits per heavy atom. The molecule has 140 valence electrons. The molecule has 0 radical (unpaired) electrons. The molecule has 4 aromatic carbocycles. The van der Waals surface area contributed by atoms with Crippen LogP contribution < -0.4 is 0 Å². The first-order valence-electron chi connectivity index (χ1n) is 10.1. The Bertz CT molecular complexity index is 1340. The van der Waals surface area contributed by atoms with Crippen molar-refractivity contribution in [3.63, 3.8) is 0 Å². The summed E-state index contributed by atoms with van der Waals surface area (Å²) in [5.74, 6) is 0. The van der Waals surface area contributed by atoms with E-state index in [-0.39, 0.29) is 0 Å². The first-order valence-corrected chi connectivity index (χ1v) is 10.1. The highest BCUT2D eigenvalue weighted by Crippen LogP contribution is 2.34. The summed E-state index contributed by atoms with van der Waals surface area (Å²) >= 11 is 0. The van der Waals surface area contributed by atoms with Crippen molar-refractivity contribution < 1.29 is 0 Å². The van der Waals surface area contributed by atoms with Gasteiger partial charge in [-0.15, -0.1) is 0 Å². The fourth-order valence-corrected chi connectivity index (χ4v) is 4.10. The average Bonchev–Trinajstić information content (AvgIpc) is 3.13. The molecule has 1 nitrogen and oxygen atoms in total. The van der Waals surface area contributed by atoms with Gasteiger partial charge in [0, 0.05) is 16.5 Å². The second-order valence-electron chi connectivity index (χ2n) is 7.47. The average molecular weight is 373 g/mol. The number of aromatic nitrogens is 1. The maximum atomic E-state index is 2.37. The van der Waals surface area contributed by atoms with Gasteiger partial charge in [-0.05, 0) is 66.4 Å². The smallest absolute Gasteiger partial charge is 0.0541 e. The maximum Gasteiger partial charge on any atom is 0.0541 e. The van der Waals surface area contributed by atoms with E-state index in [1.165, 1.54) is 49.8 Å². The zero-order valence-corrected chi connectivity index (χ0v) is 16.8. The number of allylic oxidation sites excluding steroid dienone is 2. The summed E-state index contributed by atoms with van der Waals surface area (Å²) in [5.41, 5.74) is 8.73. The summed E-state index contributed by atoms with van der Waals surface area (Å²) in [4.78, 5) is 0. The van der Waals surface area contributed by atoms with E-state index in [1.54, 1.807) is 0 Å². The molecule has 0 spiro atoms. The van der Waals surface area contributed by atoms with Crippen LogP contribution in [0.3, 0.4) is 0 Å². The van der Waals surface area contributed by atoms with Crippen LogP contribution in [-0.2, 0) is 0 Å². The normalized spacial score (nSPS) is 12.0. The van der Waals surface area contributed by atoms with Crippen molar-refractivity contribution in [3.8, 4) is 16.8 Å². The highest BCUT2D eigenvalue weighted by atomic mass is 15.0. The van der Waals surface area contributed by atoms with E-state index in [2.05, 4.69) is 122 Å². The zero-order chi connectivity index (χ0) is 19.8. The molecule has 5 rings (SSSR count). The minimum absolute atomic E-state index is 1.19. The Morgan fingerprint density at radius 2 is 1.31 bits per heavy atom. The van der Waals surface area contributed by atoms with Gasteiger partial charge < -0.3 is 4.57 Å². The molecule has 0 bridgehead atoms. The highest BCUT2D eigenvalue weighted by molar-refractivity contribution is 6.10. The van der Waals surface area contributed by atoms with Gasteiger partial charge in [-0.3, -0.25) is 0 Å². The van der Waals surface area contributed by atoms with Crippen molar-refractivity contribution in [2.45, 2.75) is 13.8 Å². The number of hydrogen-bond donors (Lipinski definition) is 0. The monoisotopic (exact) mass is 373 g/mol. The quantitative estimate of drug-likeness (QED) is 0.303. The Morgan fingerprint density at radius 3 is 2.07 bits per heavy atom. The summed E-state index contributed by atoms with van der Waals surface area (Å²) in [6, 6.07) is 34.9. The van der Waals surface area contributed by atoms with E-state index >= 15 is 0 Å². The van der Waals surface area contributed by atoms with Crippen molar-refractivity contribution in [1.82, 2.24) is 4.57 Å². The van der Waals surface area contributed by atoms with Gasteiger partial charge in [0.05, 0.1) is 11.0 Å². The van der Waals surface area contributed by atoms with Crippen molar-refractivity contribution in [2.75, 3.05) is 0 Å². The van der Waals surface area contributed by atoms with Crippen LogP contribution in [0.5, 0.6) is 0 Å². The minimum Gasteiger partial charge on any atom is -0.309 e. The molecule has 1 heterocycles. The minimum atomic E-state index is 1.19. The molecule has 0 saturated heterocycles. The van der Waals surface area contributed by atoms with Gasteiger partial charge in [0.1, 0.15) is 0 Å². The van der Waals surface area contributed by atoms with Crippen LogP contribution in [0.15, 0.2) is 103 Å². The van der Waals surface area contributed by atoms with Gasteiger partial charge in [0.2, 0.25) is 0 Å². The second-order valence-corrected chi connectivity index (χ2v) is 7.47. The molecular weight excluding hydrogens is 350 g/mol. The lowest BCUT2D eigenvalue weighted by atomic mass is 10.0. The van der Waals surface area contributed by atoms with Crippen LogP contribution in [0.25, 0.3) is 44.2 Å². The Balaban J connectivity index is 1.72. The number of hydrogen-bond acceptors (Lipinski definition) is 0. The van der Waals surface area contributed by atoms with Crippen molar-refractivity contribution in [3.05, 3.63) is 109 Å². The number of benzene rings is 4. The predicted molar refractivity (Wildman–Crippen MR) is 126 cm³/mol. The van der Waals surface area contributed by atoms with Crippen LogP contribution in [0.4, 0.5) is 0 Å². The van der Waals surface area contributed by atoms with E-state index in [0.717, 1.165) is 0 Å².